The van der Waals surface area contributed by atoms with E-state index < -0.39 is 0 Å². The summed E-state index contributed by atoms with van der Waals surface area (Å²) < 4.78 is 10.0. The summed E-state index contributed by atoms with van der Waals surface area (Å²) in [6.07, 6.45) is 2.61. The summed E-state index contributed by atoms with van der Waals surface area (Å²) in [4.78, 5) is 18.7. The number of nitrogens with zero attached hydrogens (tertiary/aromatic N) is 4. The van der Waals surface area contributed by atoms with Crippen molar-refractivity contribution in [3.05, 3.63) is 28.2 Å². The molecular formula is C14H17ClN4O3. The van der Waals surface area contributed by atoms with E-state index in [-0.39, 0.29) is 23.6 Å². The van der Waals surface area contributed by atoms with E-state index in [1.807, 2.05) is 6.92 Å². The molecule has 0 aromatic carbocycles. The minimum atomic E-state index is -0.129. The van der Waals surface area contributed by atoms with Crippen LogP contribution in [0.15, 0.2) is 9.05 Å². The zero-order valence-corrected chi connectivity index (χ0v) is 13.3. The lowest BCUT2D eigenvalue weighted by Gasteiger charge is -2.22. The van der Waals surface area contributed by atoms with Crippen molar-refractivity contribution in [2.75, 3.05) is 6.54 Å². The first-order chi connectivity index (χ1) is 10.6. The maximum atomic E-state index is 12.6. The molecule has 1 saturated heterocycles. The van der Waals surface area contributed by atoms with E-state index in [0.29, 0.717) is 35.9 Å². The lowest BCUT2D eigenvalue weighted by molar-refractivity contribution is -0.131. The predicted octanol–water partition coefficient (Wildman–Crippen LogP) is 2.49. The Morgan fingerprint density at radius 3 is 2.86 bits per heavy atom. The van der Waals surface area contributed by atoms with Crippen LogP contribution >= 0.6 is 11.6 Å². The van der Waals surface area contributed by atoms with E-state index in [9.17, 15) is 4.79 Å². The van der Waals surface area contributed by atoms with Crippen molar-refractivity contribution in [3.8, 4) is 0 Å². The van der Waals surface area contributed by atoms with Gasteiger partial charge in [-0.05, 0) is 31.4 Å². The van der Waals surface area contributed by atoms with Crippen LogP contribution in [0, 0.1) is 6.92 Å². The lowest BCUT2D eigenvalue weighted by atomic mass is 10.1. The molecule has 1 aliphatic heterocycles. The number of carbonyl (C=O) groups excluding carboxylic acids is 1. The molecule has 3 rings (SSSR count). The second-order valence-electron chi connectivity index (χ2n) is 5.34. The van der Waals surface area contributed by atoms with Crippen LogP contribution in [0.5, 0.6) is 0 Å². The molecule has 0 N–H and O–H groups in total. The molecule has 8 heteroatoms. The molecule has 22 heavy (non-hydrogen) atoms. The number of aromatic nitrogens is 3. The van der Waals surface area contributed by atoms with Crippen LogP contribution in [0.2, 0.25) is 5.22 Å². The van der Waals surface area contributed by atoms with Gasteiger partial charge in [0, 0.05) is 18.5 Å². The first-order valence-corrected chi connectivity index (χ1v) is 7.70. The fourth-order valence-corrected chi connectivity index (χ4v) is 2.93. The molecule has 1 aliphatic rings. The van der Waals surface area contributed by atoms with Crippen molar-refractivity contribution in [1.29, 1.82) is 0 Å². The second-order valence-corrected chi connectivity index (χ2v) is 5.69. The maximum Gasteiger partial charge on any atom is 0.229 e. The lowest BCUT2D eigenvalue weighted by Crippen LogP contribution is -2.32. The van der Waals surface area contributed by atoms with Crippen LogP contribution in [0.3, 0.4) is 0 Å². The number of amides is 1. The van der Waals surface area contributed by atoms with Gasteiger partial charge in [-0.1, -0.05) is 17.2 Å². The average Bonchev–Trinajstić information content (AvgIpc) is 3.21. The topological polar surface area (TPSA) is 85.3 Å². The molecule has 0 spiro atoms. The summed E-state index contributed by atoms with van der Waals surface area (Å²) in [6.45, 7) is 4.40. The number of halogens is 1. The highest BCUT2D eigenvalue weighted by Gasteiger charge is 2.34. The van der Waals surface area contributed by atoms with Crippen LogP contribution in [0.4, 0.5) is 0 Å². The fraction of sp³-hybridized carbons (Fsp3) is 0.571. The standard InChI is InChI=1S/C14H17ClN4O3/c1-3-11-16-14(18-21-11)10-5-4-6-19(10)12(20)7-9-8(2)17-22-13(9)15/h10H,3-7H2,1-2H3. The highest BCUT2D eigenvalue weighted by atomic mass is 35.5. The van der Waals surface area contributed by atoms with Gasteiger partial charge >= 0.3 is 0 Å². The van der Waals surface area contributed by atoms with Crippen molar-refractivity contribution >= 4 is 17.5 Å². The summed E-state index contributed by atoms with van der Waals surface area (Å²) in [7, 11) is 0. The molecule has 1 fully saturated rings. The van der Waals surface area contributed by atoms with Gasteiger partial charge in [-0.25, -0.2) is 0 Å². The van der Waals surface area contributed by atoms with Crippen LogP contribution < -0.4 is 0 Å². The van der Waals surface area contributed by atoms with Gasteiger partial charge in [0.2, 0.25) is 17.0 Å². The molecule has 1 unspecified atom stereocenters. The van der Waals surface area contributed by atoms with Gasteiger partial charge in [0.05, 0.1) is 18.2 Å². The van der Waals surface area contributed by atoms with Crippen LogP contribution in [-0.2, 0) is 17.6 Å². The molecular weight excluding hydrogens is 308 g/mol. The first-order valence-electron chi connectivity index (χ1n) is 7.32. The van der Waals surface area contributed by atoms with E-state index >= 15 is 0 Å². The molecule has 2 aromatic rings. The monoisotopic (exact) mass is 324 g/mol. The molecule has 0 bridgehead atoms. The van der Waals surface area contributed by atoms with Crippen LogP contribution in [-0.4, -0.2) is 32.6 Å². The van der Waals surface area contributed by atoms with Crippen LogP contribution in [0.1, 0.15) is 48.8 Å². The Bertz CT molecular complexity index is 662. The summed E-state index contributed by atoms with van der Waals surface area (Å²) in [5.74, 6) is 1.14. The Morgan fingerprint density at radius 1 is 1.41 bits per heavy atom. The number of likely N-dealkylation sites (tertiary alicyclic amines) is 1. The number of rotatable bonds is 4. The molecule has 118 valence electrons. The highest BCUT2D eigenvalue weighted by Crippen LogP contribution is 2.31. The molecule has 1 atom stereocenters. The van der Waals surface area contributed by atoms with Gasteiger partial charge < -0.3 is 13.9 Å². The third-order valence-electron chi connectivity index (χ3n) is 3.92. The predicted molar refractivity (Wildman–Crippen MR) is 77.3 cm³/mol. The number of aryl methyl sites for hydroxylation is 2. The van der Waals surface area contributed by atoms with Crippen molar-refractivity contribution < 1.29 is 13.8 Å². The minimum absolute atomic E-state index is 0.0291. The SMILES string of the molecule is CCc1nc(C2CCCN2C(=O)Cc2c(C)noc2Cl)no1. The van der Waals surface area contributed by atoms with Crippen molar-refractivity contribution in [1.82, 2.24) is 20.2 Å². The fourth-order valence-electron chi connectivity index (χ4n) is 2.69. The van der Waals surface area contributed by atoms with Crippen molar-refractivity contribution in [2.45, 2.75) is 45.6 Å². The van der Waals surface area contributed by atoms with Gasteiger partial charge in [0.25, 0.3) is 0 Å². The Balaban J connectivity index is 1.76. The van der Waals surface area contributed by atoms with E-state index in [1.54, 1.807) is 11.8 Å². The largest absolute Gasteiger partial charge is 0.344 e. The Morgan fingerprint density at radius 2 is 2.23 bits per heavy atom. The van der Waals surface area contributed by atoms with Gasteiger partial charge in [0.1, 0.15) is 0 Å². The highest BCUT2D eigenvalue weighted by molar-refractivity contribution is 6.29. The van der Waals surface area contributed by atoms with Crippen molar-refractivity contribution in [2.24, 2.45) is 0 Å². The van der Waals surface area contributed by atoms with Crippen LogP contribution in [0.25, 0.3) is 0 Å². The quantitative estimate of drug-likeness (QED) is 0.859. The average molecular weight is 325 g/mol. The maximum absolute atomic E-state index is 12.6. The van der Waals surface area contributed by atoms with Crippen molar-refractivity contribution in [3.63, 3.8) is 0 Å². The summed E-state index contributed by atoms with van der Waals surface area (Å²) in [6, 6.07) is -0.129. The molecule has 2 aromatic heterocycles. The minimum Gasteiger partial charge on any atom is -0.344 e. The zero-order valence-electron chi connectivity index (χ0n) is 12.5. The molecule has 1 amide bonds. The van der Waals surface area contributed by atoms with Gasteiger partial charge in [-0.15, -0.1) is 0 Å². The second kappa shape index (κ2) is 6.08. The zero-order chi connectivity index (χ0) is 15.7. The molecule has 3 heterocycles. The Hall–Kier alpha value is -1.89. The third-order valence-corrected chi connectivity index (χ3v) is 4.22. The molecule has 0 radical (unpaired) electrons. The number of carbonyl (C=O) groups is 1. The number of hydrogen-bond acceptors (Lipinski definition) is 6. The van der Waals surface area contributed by atoms with E-state index in [2.05, 4.69) is 15.3 Å². The smallest absolute Gasteiger partial charge is 0.229 e. The Kier molecular flexibility index (Phi) is 4.15. The number of hydrogen-bond donors (Lipinski definition) is 0. The van der Waals surface area contributed by atoms with Gasteiger partial charge in [-0.2, -0.15) is 4.98 Å². The molecule has 0 saturated carbocycles. The van der Waals surface area contributed by atoms with E-state index in [1.165, 1.54) is 0 Å². The first kappa shape index (κ1) is 15.0. The normalized spacial score (nSPS) is 18.1. The third kappa shape index (κ3) is 2.72. The van der Waals surface area contributed by atoms with Gasteiger partial charge in [0.15, 0.2) is 5.82 Å². The Labute approximate surface area is 132 Å². The summed E-state index contributed by atoms with van der Waals surface area (Å²) in [5, 5.41) is 7.94. The molecule has 0 aliphatic carbocycles. The van der Waals surface area contributed by atoms with Gasteiger partial charge in [-0.3, -0.25) is 4.79 Å². The summed E-state index contributed by atoms with van der Waals surface area (Å²) >= 11 is 5.93. The molecule has 7 nitrogen and oxygen atoms in total. The van der Waals surface area contributed by atoms with E-state index in [4.69, 9.17) is 20.6 Å². The van der Waals surface area contributed by atoms with E-state index in [0.717, 1.165) is 12.8 Å². The summed E-state index contributed by atoms with van der Waals surface area (Å²) in [5.41, 5.74) is 1.28.